The average molecular weight is 834 g/mol. The lowest BCUT2D eigenvalue weighted by molar-refractivity contribution is 0.0589. The van der Waals surface area contributed by atoms with Crippen LogP contribution in [0.2, 0.25) is 5.04 Å². The summed E-state index contributed by atoms with van der Waals surface area (Å²) in [4.78, 5) is 16.2. The van der Waals surface area contributed by atoms with Crippen LogP contribution in [-0.2, 0) is 21.2 Å². The number of ether oxygens (including phenoxy) is 1. The minimum atomic E-state index is -2.99. The Morgan fingerprint density at radius 1 is 0.590 bits per heavy atom. The molecule has 0 saturated heterocycles. The third kappa shape index (κ3) is 11.2. The van der Waals surface area contributed by atoms with Gasteiger partial charge in [-0.1, -0.05) is 217 Å². The molecule has 318 valence electrons. The molecule has 6 rings (SSSR count). The van der Waals surface area contributed by atoms with Crippen molar-refractivity contribution in [3.05, 3.63) is 204 Å². The first kappa shape index (κ1) is 45.2. The molecule has 6 heteroatoms. The number of amides is 1. The van der Waals surface area contributed by atoms with Gasteiger partial charge in [-0.2, -0.15) is 0 Å². The number of hydrogen-bond acceptors (Lipinski definition) is 3. The Hall–Kier alpha value is -5.30. The maximum Gasteiger partial charge on any atom is 0.410 e. The van der Waals surface area contributed by atoms with Crippen LogP contribution in [0.4, 0.5) is 9.18 Å². The SMILES string of the molecule is CC(C)CCN(C(=O)OCc1ccccc1)[C@@H](CCC(F)CCC(c1ccccc1)(c1ccccc1)c1ccccc1)CO[Si](c1ccccc1)(c1ccccc1)C(C)(C)C. The quantitative estimate of drug-likeness (QED) is 0.0568. The number of halogens is 1. The van der Waals surface area contributed by atoms with Gasteiger partial charge in [0.05, 0.1) is 12.6 Å². The van der Waals surface area contributed by atoms with Gasteiger partial charge in [0, 0.05) is 12.0 Å². The fourth-order valence-corrected chi connectivity index (χ4v) is 13.5. The Morgan fingerprint density at radius 2 is 1.02 bits per heavy atom. The van der Waals surface area contributed by atoms with Crippen molar-refractivity contribution in [2.24, 2.45) is 5.92 Å². The van der Waals surface area contributed by atoms with Crippen LogP contribution in [0.3, 0.4) is 0 Å². The van der Waals surface area contributed by atoms with Crippen LogP contribution in [0.25, 0.3) is 0 Å². The summed E-state index contributed by atoms with van der Waals surface area (Å²) in [5.41, 5.74) is 3.78. The van der Waals surface area contributed by atoms with Crippen LogP contribution in [-0.4, -0.2) is 44.7 Å². The zero-order valence-corrected chi connectivity index (χ0v) is 37.8. The minimum absolute atomic E-state index is 0.159. The number of rotatable bonds is 20. The van der Waals surface area contributed by atoms with E-state index < -0.39 is 32.0 Å². The zero-order chi connectivity index (χ0) is 43.1. The van der Waals surface area contributed by atoms with Crippen molar-refractivity contribution in [1.29, 1.82) is 0 Å². The summed E-state index contributed by atoms with van der Waals surface area (Å²) in [5.74, 6) is 0.346. The lowest BCUT2D eigenvalue weighted by Gasteiger charge is -2.44. The summed E-state index contributed by atoms with van der Waals surface area (Å²) in [6.07, 6.45) is 0.866. The fraction of sp³-hybridized carbons (Fsp3) is 0.327. The number of carbonyl (C=O) groups excluding carboxylic acids is 1. The van der Waals surface area contributed by atoms with E-state index in [-0.39, 0.29) is 24.7 Å². The van der Waals surface area contributed by atoms with Gasteiger partial charge in [-0.25, -0.2) is 9.18 Å². The van der Waals surface area contributed by atoms with Crippen molar-refractivity contribution in [3.8, 4) is 0 Å². The Labute approximate surface area is 365 Å². The van der Waals surface area contributed by atoms with Crippen LogP contribution >= 0.6 is 0 Å². The number of alkyl halides is 1. The molecule has 0 heterocycles. The van der Waals surface area contributed by atoms with Gasteiger partial charge in [-0.05, 0) is 75.7 Å². The maximum absolute atomic E-state index is 17.0. The summed E-state index contributed by atoms with van der Waals surface area (Å²) in [6.45, 7) is 12.0. The predicted octanol–water partition coefficient (Wildman–Crippen LogP) is 12.5. The molecule has 6 aromatic carbocycles. The number of hydrogen-bond donors (Lipinski definition) is 0. The van der Waals surface area contributed by atoms with E-state index in [0.717, 1.165) is 39.0 Å². The van der Waals surface area contributed by atoms with Crippen LogP contribution in [0, 0.1) is 5.92 Å². The third-order valence-corrected chi connectivity index (χ3v) is 17.2. The predicted molar refractivity (Wildman–Crippen MR) is 253 cm³/mol. The van der Waals surface area contributed by atoms with Crippen molar-refractivity contribution in [1.82, 2.24) is 4.90 Å². The van der Waals surface area contributed by atoms with Crippen molar-refractivity contribution in [2.45, 2.75) is 96.0 Å². The Balaban J connectivity index is 1.34. The van der Waals surface area contributed by atoms with Crippen molar-refractivity contribution in [2.75, 3.05) is 13.2 Å². The van der Waals surface area contributed by atoms with Gasteiger partial charge in [0.1, 0.15) is 12.8 Å². The summed E-state index contributed by atoms with van der Waals surface area (Å²) < 4.78 is 30.6. The summed E-state index contributed by atoms with van der Waals surface area (Å²) >= 11 is 0. The molecule has 0 fully saturated rings. The number of benzene rings is 6. The molecule has 1 amide bonds. The lowest BCUT2D eigenvalue weighted by Crippen LogP contribution is -2.67. The van der Waals surface area contributed by atoms with E-state index in [2.05, 4.69) is 156 Å². The average Bonchev–Trinajstić information content (AvgIpc) is 3.29. The van der Waals surface area contributed by atoms with Crippen LogP contribution in [0.1, 0.15) is 89.0 Å². The molecule has 0 radical (unpaired) electrons. The van der Waals surface area contributed by atoms with Gasteiger partial charge in [0.25, 0.3) is 8.32 Å². The van der Waals surface area contributed by atoms with Gasteiger partial charge in [0.2, 0.25) is 0 Å². The second kappa shape index (κ2) is 21.5. The zero-order valence-electron chi connectivity index (χ0n) is 36.8. The van der Waals surface area contributed by atoms with Gasteiger partial charge >= 0.3 is 6.09 Å². The molecule has 0 saturated carbocycles. The summed E-state index contributed by atoms with van der Waals surface area (Å²) in [6, 6.07) is 62.0. The van der Waals surface area contributed by atoms with Gasteiger partial charge in [-0.15, -0.1) is 0 Å². The second-order valence-electron chi connectivity index (χ2n) is 17.8. The molecule has 0 spiro atoms. The standard InChI is InChI=1S/C55H64FNO3Si/c1-44(2)39-41-57(53(58)59-42-45-24-12-6-13-25-45)50(43-60-61(54(3,4)5,51-32-20-10-21-33-51)52-34-22-11-23-35-52)37-36-49(56)38-40-55(46-26-14-7-15-27-46,47-28-16-8-17-29-47)48-30-18-9-19-31-48/h6-35,44,49-50H,36-43H2,1-5H3/t49?,50-/m0/s1. The Morgan fingerprint density at radius 3 is 1.44 bits per heavy atom. The van der Waals surface area contributed by atoms with Gasteiger partial charge in [-0.3, -0.25) is 0 Å². The molecule has 0 aliphatic heterocycles. The molecular weight excluding hydrogens is 770 g/mol. The Kier molecular flexibility index (Phi) is 15.9. The normalized spacial score (nSPS) is 13.1. The first-order chi connectivity index (χ1) is 29.5. The van der Waals surface area contributed by atoms with E-state index in [0.29, 0.717) is 31.7 Å². The smallest absolute Gasteiger partial charge is 0.410 e. The molecule has 2 atom stereocenters. The van der Waals surface area contributed by atoms with E-state index in [9.17, 15) is 4.79 Å². The molecule has 4 nitrogen and oxygen atoms in total. The first-order valence-electron chi connectivity index (χ1n) is 22.1. The molecule has 61 heavy (non-hydrogen) atoms. The van der Waals surface area contributed by atoms with Crippen molar-refractivity contribution >= 4 is 24.8 Å². The fourth-order valence-electron chi connectivity index (χ4n) is 8.93. The topological polar surface area (TPSA) is 38.8 Å². The third-order valence-electron chi connectivity index (χ3n) is 12.2. The molecule has 0 bridgehead atoms. The highest BCUT2D eigenvalue weighted by atomic mass is 28.4. The molecule has 0 aromatic heterocycles. The lowest BCUT2D eigenvalue weighted by atomic mass is 9.66. The highest BCUT2D eigenvalue weighted by Gasteiger charge is 2.50. The van der Waals surface area contributed by atoms with Gasteiger partial charge < -0.3 is 14.1 Å². The summed E-state index contributed by atoms with van der Waals surface area (Å²) in [7, 11) is -2.99. The van der Waals surface area contributed by atoms with E-state index in [1.54, 1.807) is 0 Å². The highest BCUT2D eigenvalue weighted by molar-refractivity contribution is 6.99. The van der Waals surface area contributed by atoms with E-state index in [1.165, 1.54) is 0 Å². The molecule has 6 aromatic rings. The van der Waals surface area contributed by atoms with Crippen LogP contribution in [0.15, 0.2) is 182 Å². The first-order valence-corrected chi connectivity index (χ1v) is 24.0. The molecule has 0 N–H and O–H groups in total. The molecule has 0 aliphatic rings. The largest absolute Gasteiger partial charge is 0.445 e. The molecule has 0 aliphatic carbocycles. The second-order valence-corrected chi connectivity index (χ2v) is 22.1. The minimum Gasteiger partial charge on any atom is -0.445 e. The highest BCUT2D eigenvalue weighted by Crippen LogP contribution is 2.44. The van der Waals surface area contributed by atoms with Gasteiger partial charge in [0.15, 0.2) is 0 Å². The van der Waals surface area contributed by atoms with Crippen LogP contribution < -0.4 is 10.4 Å². The summed E-state index contributed by atoms with van der Waals surface area (Å²) in [5, 5.41) is 2.06. The van der Waals surface area contributed by atoms with Crippen molar-refractivity contribution < 1.29 is 18.3 Å². The van der Waals surface area contributed by atoms with Crippen molar-refractivity contribution in [3.63, 3.8) is 0 Å². The van der Waals surface area contributed by atoms with Crippen LogP contribution in [0.5, 0.6) is 0 Å². The Bertz CT molecular complexity index is 2030. The molecule has 1 unspecified atom stereocenters. The monoisotopic (exact) mass is 833 g/mol. The van der Waals surface area contributed by atoms with E-state index in [4.69, 9.17) is 9.16 Å². The number of nitrogens with zero attached hydrogens (tertiary/aromatic N) is 1. The van der Waals surface area contributed by atoms with E-state index in [1.807, 2.05) is 65.6 Å². The van der Waals surface area contributed by atoms with E-state index >= 15 is 4.39 Å². The number of carbonyl (C=O) groups is 1. The maximum atomic E-state index is 17.0. The molecular formula is C55H64FNO3Si.